The molecule has 0 fully saturated rings. The molecule has 0 aliphatic heterocycles. The number of halogens is 1. The van der Waals surface area contributed by atoms with E-state index >= 15 is 0 Å². The number of rotatable bonds is 5. The van der Waals surface area contributed by atoms with Crippen LogP contribution >= 0.6 is 22.9 Å². The Hall–Kier alpha value is -2.77. The average molecular weight is 373 g/mol. The molecule has 0 aliphatic carbocycles. The predicted molar refractivity (Wildman–Crippen MR) is 101 cm³/mol. The molecule has 0 atom stereocenters. The summed E-state index contributed by atoms with van der Waals surface area (Å²) in [7, 11) is 0. The lowest BCUT2D eigenvalue weighted by Gasteiger charge is -2.01. The van der Waals surface area contributed by atoms with E-state index in [1.807, 2.05) is 29.6 Å². The van der Waals surface area contributed by atoms with Crippen LogP contribution < -0.4 is 5.43 Å². The Labute approximate surface area is 153 Å². The van der Waals surface area contributed by atoms with Crippen molar-refractivity contribution < 1.29 is 4.92 Å². The number of nitrogens with zero attached hydrogens (tertiary/aromatic N) is 3. The number of hydrogen-bond donors (Lipinski definition) is 1. The van der Waals surface area contributed by atoms with Crippen LogP contribution in [0.15, 0.2) is 59.0 Å². The minimum atomic E-state index is -0.427. The zero-order valence-corrected chi connectivity index (χ0v) is 14.7. The molecule has 6 nitrogen and oxygen atoms in total. The fraction of sp³-hybridized carbons (Fsp3) is 0.0588. The van der Waals surface area contributed by atoms with Crippen molar-refractivity contribution in [1.29, 1.82) is 0 Å². The summed E-state index contributed by atoms with van der Waals surface area (Å²) in [6, 6.07) is 13.8. The highest BCUT2D eigenvalue weighted by molar-refractivity contribution is 7.14. The number of benzene rings is 2. The van der Waals surface area contributed by atoms with Crippen LogP contribution in [0, 0.1) is 10.1 Å². The van der Waals surface area contributed by atoms with Gasteiger partial charge in [-0.15, -0.1) is 11.3 Å². The molecule has 0 unspecified atom stereocenters. The van der Waals surface area contributed by atoms with E-state index in [1.165, 1.54) is 23.5 Å². The van der Waals surface area contributed by atoms with Gasteiger partial charge in [-0.05, 0) is 19.1 Å². The van der Waals surface area contributed by atoms with Gasteiger partial charge < -0.3 is 0 Å². The van der Waals surface area contributed by atoms with Gasteiger partial charge in [-0.25, -0.2) is 4.98 Å². The second kappa shape index (κ2) is 7.42. The summed E-state index contributed by atoms with van der Waals surface area (Å²) in [5.41, 5.74) is 6.03. The monoisotopic (exact) mass is 372 g/mol. The maximum absolute atomic E-state index is 10.8. The van der Waals surface area contributed by atoms with E-state index in [0.29, 0.717) is 21.4 Å². The smallest absolute Gasteiger partial charge is 0.258 e. The molecule has 8 heteroatoms. The first-order chi connectivity index (χ1) is 12.0. The van der Waals surface area contributed by atoms with Gasteiger partial charge in [0, 0.05) is 33.7 Å². The van der Waals surface area contributed by atoms with Crippen LogP contribution in [-0.2, 0) is 0 Å². The van der Waals surface area contributed by atoms with Gasteiger partial charge in [0.25, 0.3) is 5.69 Å². The summed E-state index contributed by atoms with van der Waals surface area (Å²) < 4.78 is 0. The highest BCUT2D eigenvalue weighted by atomic mass is 35.5. The molecular formula is C17H13ClN4O2S. The SMILES string of the molecule is C/C(=N\Nc1nc(-c2ccc(Cl)cc2)cs1)c1cccc([N+](=O)[O-])c1. The lowest BCUT2D eigenvalue weighted by molar-refractivity contribution is -0.384. The first-order valence-electron chi connectivity index (χ1n) is 7.29. The fourth-order valence-electron chi connectivity index (χ4n) is 2.12. The third-order valence-corrected chi connectivity index (χ3v) is 4.44. The van der Waals surface area contributed by atoms with Crippen molar-refractivity contribution in [2.45, 2.75) is 6.92 Å². The zero-order chi connectivity index (χ0) is 17.8. The van der Waals surface area contributed by atoms with E-state index < -0.39 is 4.92 Å². The van der Waals surface area contributed by atoms with E-state index in [-0.39, 0.29) is 5.69 Å². The Balaban J connectivity index is 1.74. The Bertz CT molecular complexity index is 938. The molecular weight excluding hydrogens is 360 g/mol. The number of thiazole rings is 1. The van der Waals surface area contributed by atoms with Gasteiger partial charge in [-0.1, -0.05) is 35.9 Å². The molecule has 25 heavy (non-hydrogen) atoms. The summed E-state index contributed by atoms with van der Waals surface area (Å²) in [6.45, 7) is 1.78. The molecule has 0 amide bonds. The van der Waals surface area contributed by atoms with Crippen LogP contribution in [-0.4, -0.2) is 15.6 Å². The maximum atomic E-state index is 10.8. The van der Waals surface area contributed by atoms with Gasteiger partial charge in [0.05, 0.1) is 16.3 Å². The minimum Gasteiger partial charge on any atom is -0.258 e. The number of anilines is 1. The number of hydrogen-bond acceptors (Lipinski definition) is 6. The highest BCUT2D eigenvalue weighted by Crippen LogP contribution is 2.26. The summed E-state index contributed by atoms with van der Waals surface area (Å²) in [6.07, 6.45) is 0. The summed E-state index contributed by atoms with van der Waals surface area (Å²) >= 11 is 7.31. The second-order valence-electron chi connectivity index (χ2n) is 5.16. The lowest BCUT2D eigenvalue weighted by Crippen LogP contribution is -2.00. The van der Waals surface area contributed by atoms with Gasteiger partial charge in [-0.3, -0.25) is 15.5 Å². The van der Waals surface area contributed by atoms with Crippen molar-refractivity contribution in [3.63, 3.8) is 0 Å². The molecule has 126 valence electrons. The molecule has 0 saturated carbocycles. The largest absolute Gasteiger partial charge is 0.270 e. The normalized spacial score (nSPS) is 11.4. The summed E-state index contributed by atoms with van der Waals surface area (Å²) in [5.74, 6) is 0. The molecule has 2 aromatic carbocycles. The van der Waals surface area contributed by atoms with Crippen LogP contribution in [0.4, 0.5) is 10.8 Å². The van der Waals surface area contributed by atoms with Crippen molar-refractivity contribution >= 4 is 39.5 Å². The van der Waals surface area contributed by atoms with Crippen molar-refractivity contribution in [2.24, 2.45) is 5.10 Å². The maximum Gasteiger partial charge on any atom is 0.270 e. The molecule has 3 rings (SSSR count). The van der Waals surface area contributed by atoms with Crippen molar-refractivity contribution in [3.05, 3.63) is 74.6 Å². The van der Waals surface area contributed by atoms with Gasteiger partial charge in [0.2, 0.25) is 5.13 Å². The highest BCUT2D eigenvalue weighted by Gasteiger charge is 2.08. The van der Waals surface area contributed by atoms with Gasteiger partial charge in [-0.2, -0.15) is 5.10 Å². The van der Waals surface area contributed by atoms with E-state index in [2.05, 4.69) is 15.5 Å². The molecule has 0 saturated heterocycles. The third-order valence-electron chi connectivity index (χ3n) is 3.44. The van der Waals surface area contributed by atoms with Crippen LogP contribution in [0.1, 0.15) is 12.5 Å². The number of nitro benzene ring substituents is 1. The Morgan fingerprint density at radius 2 is 2.04 bits per heavy atom. The number of nitro groups is 1. The van der Waals surface area contributed by atoms with Crippen molar-refractivity contribution in [2.75, 3.05) is 5.43 Å². The van der Waals surface area contributed by atoms with Gasteiger partial charge in [0.15, 0.2) is 0 Å². The number of hydrazone groups is 1. The quantitative estimate of drug-likeness (QED) is 0.379. The zero-order valence-electron chi connectivity index (χ0n) is 13.1. The molecule has 1 heterocycles. The van der Waals surface area contributed by atoms with Gasteiger partial charge >= 0.3 is 0 Å². The molecule has 0 radical (unpaired) electrons. The fourth-order valence-corrected chi connectivity index (χ4v) is 2.91. The number of aromatic nitrogens is 1. The molecule has 1 N–H and O–H groups in total. The number of nitrogens with one attached hydrogen (secondary N) is 1. The standard InChI is InChI=1S/C17H13ClN4O2S/c1-11(13-3-2-4-15(9-13)22(23)24)20-21-17-19-16(10-25-17)12-5-7-14(18)8-6-12/h2-10H,1H3,(H,19,21)/b20-11+. The molecule has 1 aromatic heterocycles. The van der Waals surface area contributed by atoms with E-state index in [1.54, 1.807) is 19.1 Å². The lowest BCUT2D eigenvalue weighted by atomic mass is 10.1. The van der Waals surface area contributed by atoms with Crippen LogP contribution in [0.5, 0.6) is 0 Å². The molecule has 0 aliphatic rings. The molecule has 3 aromatic rings. The third kappa shape index (κ3) is 4.20. The Morgan fingerprint density at radius 3 is 2.76 bits per heavy atom. The topological polar surface area (TPSA) is 80.4 Å². The molecule has 0 bridgehead atoms. The van der Waals surface area contributed by atoms with Gasteiger partial charge in [0.1, 0.15) is 0 Å². The first-order valence-corrected chi connectivity index (χ1v) is 8.55. The van der Waals surface area contributed by atoms with Crippen molar-refractivity contribution in [1.82, 2.24) is 4.98 Å². The summed E-state index contributed by atoms with van der Waals surface area (Å²) in [5, 5.41) is 18.3. The Kier molecular flexibility index (Phi) is 5.06. The van der Waals surface area contributed by atoms with Crippen LogP contribution in [0.2, 0.25) is 5.02 Å². The summed E-state index contributed by atoms with van der Waals surface area (Å²) in [4.78, 5) is 14.9. The van der Waals surface area contributed by atoms with Crippen LogP contribution in [0.25, 0.3) is 11.3 Å². The second-order valence-corrected chi connectivity index (χ2v) is 6.46. The van der Waals surface area contributed by atoms with E-state index in [0.717, 1.165) is 11.3 Å². The number of non-ortho nitro benzene ring substituents is 1. The predicted octanol–water partition coefficient (Wildman–Crippen LogP) is 5.21. The first kappa shape index (κ1) is 17.1. The van der Waals surface area contributed by atoms with E-state index in [9.17, 15) is 10.1 Å². The van der Waals surface area contributed by atoms with Crippen LogP contribution in [0.3, 0.4) is 0 Å². The Morgan fingerprint density at radius 1 is 1.28 bits per heavy atom. The molecule has 0 spiro atoms. The minimum absolute atomic E-state index is 0.0336. The van der Waals surface area contributed by atoms with Crippen molar-refractivity contribution in [3.8, 4) is 11.3 Å². The van der Waals surface area contributed by atoms with E-state index in [4.69, 9.17) is 11.6 Å². The average Bonchev–Trinajstić information content (AvgIpc) is 3.09.